The lowest BCUT2D eigenvalue weighted by molar-refractivity contribution is -0.140. The van der Waals surface area contributed by atoms with Crippen LogP contribution in [0.2, 0.25) is 18.1 Å². The highest BCUT2D eigenvalue weighted by molar-refractivity contribution is 9.10. The molecule has 0 bridgehead atoms. The molecule has 1 aromatic heterocycles. The van der Waals surface area contributed by atoms with Crippen LogP contribution < -0.4 is 14.2 Å². The number of benzene rings is 3. The molecule has 12 nitrogen and oxygen atoms in total. The zero-order valence-corrected chi connectivity index (χ0v) is 37.5. The summed E-state index contributed by atoms with van der Waals surface area (Å²) in [6.45, 7) is 15.4. The Morgan fingerprint density at radius 2 is 1.69 bits per heavy atom. The molecule has 308 valence electrons. The van der Waals surface area contributed by atoms with E-state index in [9.17, 15) is 9.90 Å². The minimum absolute atomic E-state index is 0.00172. The molecule has 3 aromatic carbocycles. The molecule has 1 N–H and O–H groups in total. The number of aromatic nitrogens is 1. The van der Waals surface area contributed by atoms with E-state index in [0.29, 0.717) is 32.3 Å². The van der Waals surface area contributed by atoms with Gasteiger partial charge in [-0.2, -0.15) is 0 Å². The van der Waals surface area contributed by atoms with E-state index in [2.05, 4.69) is 21.1 Å². The fourth-order valence-electron chi connectivity index (χ4n) is 8.43. The maximum atomic E-state index is 15.9. The van der Waals surface area contributed by atoms with E-state index < -0.39 is 65.9 Å². The number of rotatable bonds is 8. The minimum Gasteiger partial charge on any atom is -0.507 e. The molecule has 14 heteroatoms. The number of methoxy groups -OCH3 is 1. The first-order valence-electron chi connectivity index (χ1n) is 19.4. The third kappa shape index (κ3) is 6.85. The molecule has 0 radical (unpaired) electrons. The highest BCUT2D eigenvalue weighted by atomic mass is 79.9. The molecule has 7 rings (SSSR count). The highest BCUT2D eigenvalue weighted by Gasteiger charge is 2.69. The van der Waals surface area contributed by atoms with Crippen LogP contribution in [0.15, 0.2) is 63.1 Å². The predicted molar refractivity (Wildman–Crippen MR) is 224 cm³/mol. The van der Waals surface area contributed by atoms with Gasteiger partial charge in [0.05, 0.1) is 18.7 Å². The SMILES string of the molecule is COc1c2c(c(OC(=O)OC(C)(C)C)c3cc(Br)ccc13)C(O)=C1C(=O)[C@]3(O[Si](C)(C)C(C)(C)C)C(=O)c4c(OCc5ccccc5)noc4[C@@H](N(C)C)[C@@H]3C[C@@H]1C2. The Morgan fingerprint density at radius 3 is 2.31 bits per heavy atom. The number of ketones is 2. The standard InChI is InChI=1S/C44H51BrN2O10Si/c1-42(2,3)55-41(51)54-36-27-21-25(45)17-18-26(27)35(52-9)28-19-24-20-29-33(47(7)8)37-32(40(46-56-37)53-22-23-15-13-12-14-16-23)39(50)44(29,57-58(10,11)43(4,5)6)38(49)30(24)34(48)31(28)36/h12-18,21,24,29,33,48H,19-20,22H2,1-11H3/t24-,29-,33-,44-/m0/s1. The van der Waals surface area contributed by atoms with Crippen molar-refractivity contribution in [1.29, 1.82) is 0 Å². The quantitative estimate of drug-likeness (QED) is 0.0778. The first-order chi connectivity index (χ1) is 27.1. The van der Waals surface area contributed by atoms with Crippen LogP contribution in [-0.2, 0) is 27.0 Å². The summed E-state index contributed by atoms with van der Waals surface area (Å²) in [6.07, 6.45) is -0.526. The fraction of sp³-hybridized carbons (Fsp3) is 0.455. The number of hydrogen-bond donors (Lipinski definition) is 1. The number of aliphatic hydroxyl groups excluding tert-OH is 1. The summed E-state index contributed by atoms with van der Waals surface area (Å²) in [5.74, 6) is -2.34. The highest BCUT2D eigenvalue weighted by Crippen LogP contribution is 2.60. The van der Waals surface area contributed by atoms with Gasteiger partial charge in [0, 0.05) is 32.3 Å². The van der Waals surface area contributed by atoms with Crippen molar-refractivity contribution in [3.8, 4) is 17.4 Å². The molecule has 0 aliphatic heterocycles. The van der Waals surface area contributed by atoms with Crippen molar-refractivity contribution in [2.24, 2.45) is 11.8 Å². The predicted octanol–water partition coefficient (Wildman–Crippen LogP) is 9.78. The van der Waals surface area contributed by atoms with Gasteiger partial charge in [0.15, 0.2) is 25.4 Å². The van der Waals surface area contributed by atoms with Crippen LogP contribution in [-0.4, -0.2) is 73.6 Å². The van der Waals surface area contributed by atoms with Crippen LogP contribution in [0.5, 0.6) is 17.4 Å². The number of hydrogen-bond acceptors (Lipinski definition) is 12. The molecular formula is C44H51BrN2O10Si. The molecule has 58 heavy (non-hydrogen) atoms. The van der Waals surface area contributed by atoms with Crippen molar-refractivity contribution in [1.82, 2.24) is 10.1 Å². The van der Waals surface area contributed by atoms with Crippen LogP contribution in [0.1, 0.15) is 86.8 Å². The van der Waals surface area contributed by atoms with Gasteiger partial charge in [-0.25, -0.2) is 4.79 Å². The molecule has 1 saturated carbocycles. The van der Waals surface area contributed by atoms with E-state index >= 15 is 9.59 Å². The summed E-state index contributed by atoms with van der Waals surface area (Å²) in [5.41, 5.74) is -1.42. The number of halogens is 1. The van der Waals surface area contributed by atoms with Crippen LogP contribution in [0.3, 0.4) is 0 Å². The van der Waals surface area contributed by atoms with E-state index in [0.717, 1.165) is 5.56 Å². The molecule has 0 spiro atoms. The zero-order valence-electron chi connectivity index (χ0n) is 34.9. The monoisotopic (exact) mass is 874 g/mol. The van der Waals surface area contributed by atoms with Crippen LogP contribution in [0.25, 0.3) is 16.5 Å². The number of carbonyl (C=O) groups excluding carboxylic acids is 3. The Kier molecular flexibility index (Phi) is 10.5. The number of fused-ring (bicyclic) bond motifs is 5. The maximum Gasteiger partial charge on any atom is 0.514 e. The zero-order chi connectivity index (χ0) is 42.3. The molecular weight excluding hydrogens is 824 g/mol. The van der Waals surface area contributed by atoms with Crippen molar-refractivity contribution in [2.45, 2.75) is 96.4 Å². The summed E-state index contributed by atoms with van der Waals surface area (Å²) >= 11 is 3.54. The molecule has 1 heterocycles. The van der Waals surface area contributed by atoms with Crippen molar-refractivity contribution < 1.29 is 47.4 Å². The van der Waals surface area contributed by atoms with Gasteiger partial charge in [0.2, 0.25) is 11.6 Å². The summed E-state index contributed by atoms with van der Waals surface area (Å²) < 4.78 is 37.7. The van der Waals surface area contributed by atoms with Crippen molar-refractivity contribution >= 4 is 58.5 Å². The number of carbonyl (C=O) groups is 3. The van der Waals surface area contributed by atoms with E-state index in [-0.39, 0.29) is 47.8 Å². The molecule has 3 aliphatic rings. The summed E-state index contributed by atoms with van der Waals surface area (Å²) in [7, 11) is 2.29. The molecule has 0 saturated heterocycles. The molecule has 1 fully saturated rings. The second-order valence-electron chi connectivity index (χ2n) is 18.1. The van der Waals surface area contributed by atoms with E-state index in [4.69, 9.17) is 27.9 Å². The summed E-state index contributed by atoms with van der Waals surface area (Å²) in [5, 5.41) is 17.6. The summed E-state index contributed by atoms with van der Waals surface area (Å²) in [6, 6.07) is 14.3. The maximum absolute atomic E-state index is 15.9. The van der Waals surface area contributed by atoms with Gasteiger partial charge in [-0.3, -0.25) is 14.5 Å². The normalized spacial score (nSPS) is 22.0. The number of aliphatic hydroxyl groups is 1. The lowest BCUT2D eigenvalue weighted by Crippen LogP contribution is -2.68. The fourth-order valence-corrected chi connectivity index (χ4v) is 10.2. The molecule has 0 unspecified atom stereocenters. The molecule has 0 amide bonds. The Balaban J connectivity index is 1.48. The third-order valence-corrected chi connectivity index (χ3v) is 16.9. The largest absolute Gasteiger partial charge is 0.514 e. The van der Waals surface area contributed by atoms with Gasteiger partial charge >= 0.3 is 6.16 Å². The van der Waals surface area contributed by atoms with Gasteiger partial charge in [-0.05, 0) is 101 Å². The van der Waals surface area contributed by atoms with Gasteiger partial charge in [0.25, 0.3) is 5.88 Å². The van der Waals surface area contributed by atoms with Crippen LogP contribution in [0, 0.1) is 11.8 Å². The molecule has 3 aliphatic carbocycles. The van der Waals surface area contributed by atoms with Crippen LogP contribution >= 0.6 is 15.9 Å². The lowest BCUT2D eigenvalue weighted by atomic mass is 9.57. The second kappa shape index (κ2) is 14.6. The Morgan fingerprint density at radius 1 is 1.00 bits per heavy atom. The van der Waals surface area contributed by atoms with E-state index in [1.807, 2.05) is 95.3 Å². The minimum atomic E-state index is -2.98. The second-order valence-corrected chi connectivity index (χ2v) is 23.8. The average molecular weight is 876 g/mol. The third-order valence-electron chi connectivity index (χ3n) is 11.9. The van der Waals surface area contributed by atoms with Crippen molar-refractivity contribution in [3.63, 3.8) is 0 Å². The van der Waals surface area contributed by atoms with Gasteiger partial charge in [0.1, 0.15) is 29.3 Å². The lowest BCUT2D eigenvalue weighted by Gasteiger charge is -2.55. The Hall–Kier alpha value is -4.50. The summed E-state index contributed by atoms with van der Waals surface area (Å²) in [4.78, 5) is 46.8. The van der Waals surface area contributed by atoms with Crippen LogP contribution in [0.4, 0.5) is 4.79 Å². The van der Waals surface area contributed by atoms with Gasteiger partial charge < -0.3 is 33.0 Å². The average Bonchev–Trinajstić information content (AvgIpc) is 3.54. The van der Waals surface area contributed by atoms with E-state index in [1.54, 1.807) is 26.8 Å². The number of ether oxygens (including phenoxy) is 4. The molecule has 4 atom stereocenters. The first kappa shape index (κ1) is 41.6. The topological polar surface area (TPSA) is 147 Å². The van der Waals surface area contributed by atoms with Crippen molar-refractivity contribution in [3.05, 3.63) is 86.6 Å². The van der Waals surface area contributed by atoms with Gasteiger partial charge in [-0.1, -0.05) is 67.0 Å². The Bertz CT molecular complexity index is 2360. The molecule has 4 aromatic rings. The van der Waals surface area contributed by atoms with Gasteiger partial charge in [-0.15, -0.1) is 0 Å². The number of Topliss-reactive ketones (excluding diaryl/α,β-unsaturated/α-hetero) is 2. The Labute approximate surface area is 348 Å². The first-order valence-corrected chi connectivity index (χ1v) is 23.1. The smallest absolute Gasteiger partial charge is 0.507 e. The number of nitrogens with zero attached hydrogens (tertiary/aromatic N) is 2. The van der Waals surface area contributed by atoms with E-state index in [1.165, 1.54) is 7.11 Å². The van der Waals surface area contributed by atoms with Crippen molar-refractivity contribution in [2.75, 3.05) is 21.2 Å².